The lowest BCUT2D eigenvalue weighted by atomic mass is 9.98. The third kappa shape index (κ3) is 4.19. The summed E-state index contributed by atoms with van der Waals surface area (Å²) >= 11 is 0. The number of hydrogen-bond donors (Lipinski definition) is 0. The van der Waals surface area contributed by atoms with E-state index >= 15 is 0 Å². The largest absolute Gasteiger partial charge is 0.456 e. The van der Waals surface area contributed by atoms with Crippen LogP contribution in [0.25, 0.3) is 99.2 Å². The molecule has 0 aliphatic carbocycles. The fraction of sp³-hybridized carbons (Fsp3) is 0. The number of hydrogen-bond acceptors (Lipinski definition) is 1. The molecule has 0 bridgehead atoms. The van der Waals surface area contributed by atoms with E-state index in [2.05, 4.69) is 179 Å². The molecule has 3 aromatic heterocycles. The summed E-state index contributed by atoms with van der Waals surface area (Å²) < 4.78 is 11.0. The van der Waals surface area contributed by atoms with Crippen molar-refractivity contribution < 1.29 is 4.42 Å². The van der Waals surface area contributed by atoms with E-state index in [1.807, 2.05) is 12.1 Å². The van der Waals surface area contributed by atoms with Gasteiger partial charge in [-0.1, -0.05) is 115 Å². The maximum Gasteiger partial charge on any atom is 0.135 e. The zero-order chi connectivity index (χ0) is 33.5. The zero-order valence-electron chi connectivity index (χ0n) is 27.6. The fourth-order valence-electron chi connectivity index (χ4n) is 8.26. The number of rotatable bonds is 4. The quantitative estimate of drug-likeness (QED) is 0.186. The van der Waals surface area contributed by atoms with Crippen molar-refractivity contribution in [3.63, 3.8) is 0 Å². The van der Waals surface area contributed by atoms with Crippen molar-refractivity contribution in [3.05, 3.63) is 182 Å². The minimum Gasteiger partial charge on any atom is -0.456 e. The van der Waals surface area contributed by atoms with Crippen molar-refractivity contribution >= 4 is 65.6 Å². The van der Waals surface area contributed by atoms with E-state index in [1.54, 1.807) is 0 Å². The number of aromatic nitrogens is 2. The predicted molar refractivity (Wildman–Crippen MR) is 213 cm³/mol. The lowest BCUT2D eigenvalue weighted by molar-refractivity contribution is 0.669. The molecule has 3 heteroatoms. The summed E-state index contributed by atoms with van der Waals surface area (Å²) in [5.41, 5.74) is 13.7. The first-order valence-corrected chi connectivity index (χ1v) is 17.4. The maximum atomic E-state index is 6.19. The van der Waals surface area contributed by atoms with E-state index in [-0.39, 0.29) is 0 Å². The Labute approximate surface area is 293 Å². The van der Waals surface area contributed by atoms with E-state index in [0.717, 1.165) is 33.3 Å². The molecule has 11 rings (SSSR count). The van der Waals surface area contributed by atoms with Gasteiger partial charge in [-0.3, -0.25) is 0 Å². The van der Waals surface area contributed by atoms with Gasteiger partial charge in [0.1, 0.15) is 11.2 Å². The van der Waals surface area contributed by atoms with Crippen molar-refractivity contribution in [1.82, 2.24) is 9.13 Å². The molecule has 0 unspecified atom stereocenters. The van der Waals surface area contributed by atoms with Gasteiger partial charge in [-0.25, -0.2) is 0 Å². The van der Waals surface area contributed by atoms with Crippen LogP contribution in [0.5, 0.6) is 0 Å². The Balaban J connectivity index is 1.13. The zero-order valence-corrected chi connectivity index (χ0v) is 27.6. The molecule has 0 saturated heterocycles. The minimum atomic E-state index is 0.903. The van der Waals surface area contributed by atoms with Crippen molar-refractivity contribution in [2.75, 3.05) is 0 Å². The van der Waals surface area contributed by atoms with E-state index in [1.165, 1.54) is 65.9 Å². The molecule has 0 amide bonds. The molecule has 0 fully saturated rings. The molecule has 0 aliphatic heterocycles. The van der Waals surface area contributed by atoms with Crippen LogP contribution in [0.3, 0.4) is 0 Å². The second-order valence-corrected chi connectivity index (χ2v) is 13.3. The molecule has 0 aliphatic rings. The van der Waals surface area contributed by atoms with Gasteiger partial charge < -0.3 is 13.6 Å². The number of nitrogens with zero attached hydrogens (tertiary/aromatic N) is 2. The van der Waals surface area contributed by atoms with E-state index < -0.39 is 0 Å². The summed E-state index contributed by atoms with van der Waals surface area (Å²) in [7, 11) is 0. The average Bonchev–Trinajstić information content (AvgIpc) is 3.85. The lowest BCUT2D eigenvalue weighted by Crippen LogP contribution is -1.94. The minimum absolute atomic E-state index is 0.903. The lowest BCUT2D eigenvalue weighted by Gasteiger charge is -2.11. The van der Waals surface area contributed by atoms with Crippen molar-refractivity contribution in [1.29, 1.82) is 0 Å². The van der Waals surface area contributed by atoms with Gasteiger partial charge in [0.15, 0.2) is 0 Å². The molecule has 0 N–H and O–H groups in total. The first-order valence-electron chi connectivity index (χ1n) is 17.4. The third-order valence-corrected chi connectivity index (χ3v) is 10.5. The molecule has 0 spiro atoms. The Hall–Kier alpha value is -6.84. The molecule has 238 valence electrons. The van der Waals surface area contributed by atoms with Crippen molar-refractivity contribution in [2.24, 2.45) is 0 Å². The third-order valence-electron chi connectivity index (χ3n) is 10.5. The summed E-state index contributed by atoms with van der Waals surface area (Å²) in [6.45, 7) is 0. The van der Waals surface area contributed by atoms with Crippen LogP contribution in [0, 0.1) is 0 Å². The SMILES string of the molecule is c1ccc(-c2cccc(-n3c4ccccc4c4cc(-c5cccc6c5c5ccccc5n6-c5ccc6oc7ccccc7c6c5)ccc43)c2)cc1. The second-order valence-electron chi connectivity index (χ2n) is 13.3. The highest BCUT2D eigenvalue weighted by Crippen LogP contribution is 2.42. The molecule has 11 aromatic rings. The van der Waals surface area contributed by atoms with E-state index in [9.17, 15) is 0 Å². The molecular formula is C48H30N2O. The van der Waals surface area contributed by atoms with E-state index in [0.29, 0.717) is 0 Å². The molecule has 0 radical (unpaired) electrons. The summed E-state index contributed by atoms with van der Waals surface area (Å²) in [5, 5.41) is 7.24. The van der Waals surface area contributed by atoms with Crippen LogP contribution in [-0.4, -0.2) is 9.13 Å². The Bertz CT molecular complexity index is 3140. The van der Waals surface area contributed by atoms with Crippen LogP contribution in [0.2, 0.25) is 0 Å². The molecule has 0 atom stereocenters. The number of para-hydroxylation sites is 3. The van der Waals surface area contributed by atoms with Gasteiger partial charge in [0.2, 0.25) is 0 Å². The fourth-order valence-corrected chi connectivity index (χ4v) is 8.26. The molecule has 3 nitrogen and oxygen atoms in total. The van der Waals surface area contributed by atoms with Crippen molar-refractivity contribution in [3.8, 4) is 33.6 Å². The Kier molecular flexibility index (Phi) is 5.96. The Morgan fingerprint density at radius 2 is 0.941 bits per heavy atom. The van der Waals surface area contributed by atoms with Crippen LogP contribution in [0.15, 0.2) is 186 Å². The topological polar surface area (TPSA) is 23.0 Å². The highest BCUT2D eigenvalue weighted by atomic mass is 16.3. The smallest absolute Gasteiger partial charge is 0.135 e. The predicted octanol–water partition coefficient (Wildman–Crippen LogP) is 13.1. The van der Waals surface area contributed by atoms with Gasteiger partial charge in [0.05, 0.1) is 22.1 Å². The van der Waals surface area contributed by atoms with Gasteiger partial charge in [0.25, 0.3) is 0 Å². The van der Waals surface area contributed by atoms with E-state index in [4.69, 9.17) is 4.42 Å². The molecule has 0 saturated carbocycles. The summed E-state index contributed by atoms with van der Waals surface area (Å²) in [5.74, 6) is 0. The average molecular weight is 651 g/mol. The summed E-state index contributed by atoms with van der Waals surface area (Å²) in [6.07, 6.45) is 0. The molecule has 3 heterocycles. The maximum absolute atomic E-state index is 6.19. The van der Waals surface area contributed by atoms with Crippen LogP contribution < -0.4 is 0 Å². The Morgan fingerprint density at radius 3 is 1.82 bits per heavy atom. The highest BCUT2D eigenvalue weighted by molar-refractivity contribution is 6.18. The molecule has 51 heavy (non-hydrogen) atoms. The highest BCUT2D eigenvalue weighted by Gasteiger charge is 2.19. The monoisotopic (exact) mass is 650 g/mol. The van der Waals surface area contributed by atoms with Crippen LogP contribution in [0.1, 0.15) is 0 Å². The number of furan rings is 1. The van der Waals surface area contributed by atoms with Crippen molar-refractivity contribution in [2.45, 2.75) is 0 Å². The Morgan fingerprint density at radius 1 is 0.314 bits per heavy atom. The van der Waals surface area contributed by atoms with Crippen LogP contribution in [-0.2, 0) is 0 Å². The van der Waals surface area contributed by atoms with Crippen LogP contribution in [0.4, 0.5) is 0 Å². The first-order chi connectivity index (χ1) is 25.3. The summed E-state index contributed by atoms with van der Waals surface area (Å²) in [4.78, 5) is 0. The molecule has 8 aromatic carbocycles. The summed E-state index contributed by atoms with van der Waals surface area (Å²) in [6, 6.07) is 65.6. The standard InChI is InChI=1S/C48H30N2O/c1-2-12-31(13-3-1)32-14-10-15-34(28-32)49-42-20-7-4-16-37(42)40-29-33(24-26-44(40)49)36-19-11-22-45-48(36)39-18-5-8-21-43(39)50(45)35-25-27-47-41(30-35)38-17-6-9-23-46(38)51-47/h1-30H. The van der Waals surface area contributed by atoms with Gasteiger partial charge in [0, 0.05) is 43.7 Å². The van der Waals surface area contributed by atoms with Gasteiger partial charge >= 0.3 is 0 Å². The number of fused-ring (bicyclic) bond motifs is 9. The second kappa shape index (κ2) is 10.8. The van der Waals surface area contributed by atoms with Gasteiger partial charge in [-0.2, -0.15) is 0 Å². The van der Waals surface area contributed by atoms with Gasteiger partial charge in [-0.05, 0) is 89.0 Å². The van der Waals surface area contributed by atoms with Crippen LogP contribution >= 0.6 is 0 Å². The normalized spacial score (nSPS) is 11.9. The number of benzene rings is 8. The first kappa shape index (κ1) is 28.0. The van der Waals surface area contributed by atoms with Gasteiger partial charge in [-0.15, -0.1) is 0 Å². The molecular weight excluding hydrogens is 621 g/mol.